The summed E-state index contributed by atoms with van der Waals surface area (Å²) in [6.07, 6.45) is 0. The minimum Gasteiger partial charge on any atom is -0.394 e. The summed E-state index contributed by atoms with van der Waals surface area (Å²) in [5.74, 6) is -0.573. The predicted molar refractivity (Wildman–Crippen MR) is 68.3 cm³/mol. The second-order valence-corrected chi connectivity index (χ2v) is 3.95. The van der Waals surface area contributed by atoms with Crippen LogP contribution in [0.4, 0.5) is 5.69 Å². The Kier molecular flexibility index (Phi) is 6.20. The van der Waals surface area contributed by atoms with E-state index in [0.29, 0.717) is 0 Å². The third kappa shape index (κ3) is 4.82. The van der Waals surface area contributed by atoms with Crippen molar-refractivity contribution in [1.82, 2.24) is 5.32 Å². The van der Waals surface area contributed by atoms with E-state index in [9.17, 15) is 14.9 Å². The number of nitrogens with one attached hydrogen (secondary N) is 1. The first-order valence-electron chi connectivity index (χ1n) is 5.47. The van der Waals surface area contributed by atoms with E-state index in [-0.39, 0.29) is 42.6 Å². The molecule has 0 aliphatic heterocycles. The first-order chi connectivity index (χ1) is 9.06. The van der Waals surface area contributed by atoms with E-state index in [0.717, 1.165) is 6.07 Å². The molecule has 0 aromatic heterocycles. The number of carbonyl (C=O) groups is 1. The number of nitro benzene ring substituents is 1. The average molecular weight is 289 g/mol. The van der Waals surface area contributed by atoms with Gasteiger partial charge in [-0.1, -0.05) is 11.6 Å². The van der Waals surface area contributed by atoms with Crippen LogP contribution in [-0.4, -0.2) is 42.3 Å². The minimum absolute atomic E-state index is 0.0587. The normalized spacial score (nSPS) is 10.2. The highest BCUT2D eigenvalue weighted by molar-refractivity contribution is 6.31. The lowest BCUT2D eigenvalue weighted by Crippen LogP contribution is -2.28. The molecule has 0 saturated carbocycles. The molecule has 0 saturated heterocycles. The van der Waals surface area contributed by atoms with Crippen LogP contribution in [0, 0.1) is 10.1 Å². The largest absolute Gasteiger partial charge is 0.394 e. The van der Waals surface area contributed by atoms with Crippen molar-refractivity contribution in [3.05, 3.63) is 38.9 Å². The summed E-state index contributed by atoms with van der Waals surface area (Å²) in [7, 11) is 0. The lowest BCUT2D eigenvalue weighted by molar-refractivity contribution is -0.385. The van der Waals surface area contributed by atoms with E-state index < -0.39 is 10.8 Å². The number of benzene rings is 1. The molecular weight excluding hydrogens is 276 g/mol. The van der Waals surface area contributed by atoms with Crippen molar-refractivity contribution in [2.45, 2.75) is 0 Å². The van der Waals surface area contributed by atoms with Gasteiger partial charge in [-0.05, 0) is 12.1 Å². The Balaban J connectivity index is 2.64. The van der Waals surface area contributed by atoms with Crippen molar-refractivity contribution in [1.29, 1.82) is 0 Å². The van der Waals surface area contributed by atoms with E-state index in [4.69, 9.17) is 21.4 Å². The lowest BCUT2D eigenvalue weighted by atomic mass is 10.1. The number of rotatable bonds is 7. The van der Waals surface area contributed by atoms with Crippen LogP contribution < -0.4 is 5.32 Å². The van der Waals surface area contributed by atoms with Gasteiger partial charge in [0.2, 0.25) is 0 Å². The zero-order chi connectivity index (χ0) is 14.3. The molecule has 0 atom stereocenters. The van der Waals surface area contributed by atoms with Crippen molar-refractivity contribution in [3.63, 3.8) is 0 Å². The summed E-state index contributed by atoms with van der Waals surface area (Å²) in [6, 6.07) is 3.83. The van der Waals surface area contributed by atoms with Gasteiger partial charge in [0, 0.05) is 17.6 Å². The fourth-order valence-electron chi connectivity index (χ4n) is 1.35. The molecular formula is C11H13ClN2O5. The van der Waals surface area contributed by atoms with Gasteiger partial charge >= 0.3 is 0 Å². The fourth-order valence-corrected chi connectivity index (χ4v) is 1.51. The van der Waals surface area contributed by atoms with E-state index in [1.165, 1.54) is 12.1 Å². The number of ether oxygens (including phenoxy) is 1. The molecule has 7 nitrogen and oxygen atoms in total. The smallest absolute Gasteiger partial charge is 0.283 e. The van der Waals surface area contributed by atoms with Gasteiger partial charge in [0.1, 0.15) is 5.56 Å². The van der Waals surface area contributed by atoms with Gasteiger partial charge in [-0.15, -0.1) is 0 Å². The third-order valence-electron chi connectivity index (χ3n) is 2.17. The lowest BCUT2D eigenvalue weighted by Gasteiger charge is -2.06. The first kappa shape index (κ1) is 15.4. The van der Waals surface area contributed by atoms with Gasteiger partial charge in [0.25, 0.3) is 11.6 Å². The molecule has 1 rings (SSSR count). The number of carbonyl (C=O) groups excluding carboxylic acids is 1. The number of aliphatic hydroxyl groups is 1. The van der Waals surface area contributed by atoms with Crippen LogP contribution in [0.15, 0.2) is 18.2 Å². The number of halogens is 1. The standard InChI is InChI=1S/C11H13ClN2O5/c12-8-1-2-9(10(7-8)14(17)18)11(16)13-3-5-19-6-4-15/h1-2,7,15H,3-6H2,(H,13,16). The molecule has 0 aliphatic carbocycles. The third-order valence-corrected chi connectivity index (χ3v) is 2.40. The molecule has 1 amide bonds. The monoisotopic (exact) mass is 288 g/mol. The molecule has 0 spiro atoms. The Morgan fingerprint density at radius 2 is 2.21 bits per heavy atom. The van der Waals surface area contributed by atoms with E-state index in [2.05, 4.69) is 5.32 Å². The number of hydrogen-bond acceptors (Lipinski definition) is 5. The Morgan fingerprint density at radius 3 is 2.84 bits per heavy atom. The molecule has 0 radical (unpaired) electrons. The number of aliphatic hydroxyl groups excluding tert-OH is 1. The van der Waals surface area contributed by atoms with Crippen molar-refractivity contribution < 1.29 is 19.6 Å². The first-order valence-corrected chi connectivity index (χ1v) is 5.84. The fraction of sp³-hybridized carbons (Fsp3) is 0.364. The van der Waals surface area contributed by atoms with Crippen LogP contribution in [-0.2, 0) is 4.74 Å². The van der Waals surface area contributed by atoms with Crippen LogP contribution in [0.3, 0.4) is 0 Å². The topological polar surface area (TPSA) is 102 Å². The van der Waals surface area contributed by atoms with Gasteiger partial charge < -0.3 is 15.2 Å². The zero-order valence-electron chi connectivity index (χ0n) is 9.97. The summed E-state index contributed by atoms with van der Waals surface area (Å²) >= 11 is 5.65. The molecule has 19 heavy (non-hydrogen) atoms. The summed E-state index contributed by atoms with van der Waals surface area (Å²) in [5, 5.41) is 22.0. The Morgan fingerprint density at radius 1 is 1.47 bits per heavy atom. The van der Waals surface area contributed by atoms with Gasteiger partial charge in [-0.2, -0.15) is 0 Å². The number of hydrogen-bond donors (Lipinski definition) is 2. The van der Waals surface area contributed by atoms with Gasteiger partial charge in [-0.3, -0.25) is 14.9 Å². The second-order valence-electron chi connectivity index (χ2n) is 3.51. The number of nitro groups is 1. The van der Waals surface area contributed by atoms with Crippen LogP contribution in [0.1, 0.15) is 10.4 Å². The van der Waals surface area contributed by atoms with Crippen molar-refractivity contribution in [3.8, 4) is 0 Å². The van der Waals surface area contributed by atoms with Crippen molar-refractivity contribution >= 4 is 23.2 Å². The highest BCUT2D eigenvalue weighted by Crippen LogP contribution is 2.22. The highest BCUT2D eigenvalue weighted by Gasteiger charge is 2.20. The average Bonchev–Trinajstić information content (AvgIpc) is 2.38. The van der Waals surface area contributed by atoms with E-state index >= 15 is 0 Å². The van der Waals surface area contributed by atoms with Crippen LogP contribution in [0.2, 0.25) is 5.02 Å². The van der Waals surface area contributed by atoms with Crippen LogP contribution in [0.5, 0.6) is 0 Å². The molecule has 2 N–H and O–H groups in total. The number of nitrogens with zero attached hydrogens (tertiary/aromatic N) is 1. The van der Waals surface area contributed by atoms with Crippen LogP contribution in [0.25, 0.3) is 0 Å². The Hall–Kier alpha value is -1.70. The minimum atomic E-state index is -0.664. The Labute approximate surface area is 114 Å². The molecule has 104 valence electrons. The summed E-state index contributed by atoms with van der Waals surface area (Å²) in [6.45, 7) is 0.486. The summed E-state index contributed by atoms with van der Waals surface area (Å²) in [5.41, 5.74) is -0.405. The zero-order valence-corrected chi connectivity index (χ0v) is 10.7. The van der Waals surface area contributed by atoms with Crippen molar-refractivity contribution in [2.75, 3.05) is 26.4 Å². The molecule has 0 fully saturated rings. The molecule has 0 heterocycles. The van der Waals surface area contributed by atoms with E-state index in [1.54, 1.807) is 0 Å². The molecule has 8 heteroatoms. The molecule has 0 aliphatic rings. The Bertz CT molecular complexity index is 466. The SMILES string of the molecule is O=C(NCCOCCO)c1ccc(Cl)cc1[N+](=O)[O-]. The summed E-state index contributed by atoms with van der Waals surface area (Å²) in [4.78, 5) is 21.9. The molecule has 1 aromatic rings. The highest BCUT2D eigenvalue weighted by atomic mass is 35.5. The predicted octanol–water partition coefficient (Wildman–Crippen LogP) is 0.987. The van der Waals surface area contributed by atoms with Crippen molar-refractivity contribution in [2.24, 2.45) is 0 Å². The summed E-state index contributed by atoms with van der Waals surface area (Å²) < 4.78 is 4.95. The molecule has 0 bridgehead atoms. The van der Waals surface area contributed by atoms with Gasteiger partial charge in [0.15, 0.2) is 0 Å². The van der Waals surface area contributed by atoms with Crippen LogP contribution >= 0.6 is 11.6 Å². The second kappa shape index (κ2) is 7.67. The molecule has 1 aromatic carbocycles. The molecule has 0 unspecified atom stereocenters. The quantitative estimate of drug-likeness (QED) is 0.442. The maximum atomic E-state index is 11.8. The maximum absolute atomic E-state index is 11.8. The number of amides is 1. The van der Waals surface area contributed by atoms with E-state index in [1.807, 2.05) is 0 Å². The van der Waals surface area contributed by atoms with Gasteiger partial charge in [-0.25, -0.2) is 0 Å². The van der Waals surface area contributed by atoms with Gasteiger partial charge in [0.05, 0.1) is 24.7 Å². The maximum Gasteiger partial charge on any atom is 0.283 e.